The van der Waals surface area contributed by atoms with Crippen molar-refractivity contribution in [1.29, 1.82) is 0 Å². The van der Waals surface area contributed by atoms with Crippen molar-refractivity contribution in [2.45, 2.75) is 32.1 Å². The molecule has 0 unspecified atom stereocenters. The molecule has 0 aliphatic carbocycles. The molecule has 6 heteroatoms. The van der Waals surface area contributed by atoms with Crippen molar-refractivity contribution in [3.8, 4) is 0 Å². The van der Waals surface area contributed by atoms with Crippen LogP contribution >= 0.6 is 0 Å². The van der Waals surface area contributed by atoms with Gasteiger partial charge in [-0.15, -0.1) is 0 Å². The summed E-state index contributed by atoms with van der Waals surface area (Å²) in [5.74, 6) is -1.82. The number of hydrogen-bond acceptors (Lipinski definition) is 3. The molecule has 0 aromatic heterocycles. The Morgan fingerprint density at radius 1 is 1.42 bits per heavy atom. The molecular formula is C6H7F3O3. The van der Waals surface area contributed by atoms with Crippen molar-refractivity contribution in [2.24, 2.45) is 0 Å². The number of Topliss-reactive ketones (excluding diaryl/α,β-unsaturated/α-hetero) is 1. The Kier molecular flexibility index (Phi) is 2.39. The van der Waals surface area contributed by atoms with Crippen LogP contribution in [0.4, 0.5) is 13.2 Å². The van der Waals surface area contributed by atoms with E-state index < -0.39 is 31.0 Å². The highest BCUT2D eigenvalue weighted by atomic mass is 19.4. The summed E-state index contributed by atoms with van der Waals surface area (Å²) in [5, 5.41) is 0. The molecule has 0 aromatic rings. The van der Waals surface area contributed by atoms with Crippen molar-refractivity contribution in [2.75, 3.05) is 0 Å². The Labute approximate surface area is 66.4 Å². The first-order chi connectivity index (χ1) is 5.39. The first-order valence-corrected chi connectivity index (χ1v) is 3.30. The van der Waals surface area contributed by atoms with E-state index in [9.17, 15) is 18.0 Å². The second-order valence-corrected chi connectivity index (χ2v) is 2.39. The van der Waals surface area contributed by atoms with Crippen molar-refractivity contribution < 1.29 is 27.4 Å². The normalized spacial score (nSPS) is 29.7. The molecule has 0 amide bonds. The molecule has 0 spiro atoms. The SMILES string of the molecule is CC1OC(CC(=O)C(F)(F)F)O1. The first kappa shape index (κ1) is 9.47. The fraction of sp³-hybridized carbons (Fsp3) is 0.833. The van der Waals surface area contributed by atoms with Gasteiger partial charge in [-0.05, 0) is 6.92 Å². The van der Waals surface area contributed by atoms with Crippen LogP contribution in [-0.2, 0) is 14.3 Å². The summed E-state index contributed by atoms with van der Waals surface area (Å²) < 4.78 is 44.1. The molecular weight excluding hydrogens is 177 g/mol. The summed E-state index contributed by atoms with van der Waals surface area (Å²) in [7, 11) is 0. The van der Waals surface area contributed by atoms with Gasteiger partial charge in [-0.2, -0.15) is 13.2 Å². The zero-order valence-corrected chi connectivity index (χ0v) is 6.22. The maximum atomic E-state index is 11.6. The molecule has 0 N–H and O–H groups in total. The molecule has 1 fully saturated rings. The van der Waals surface area contributed by atoms with Crippen molar-refractivity contribution >= 4 is 5.78 Å². The molecule has 1 rings (SSSR count). The molecule has 1 aliphatic rings. The Balaban J connectivity index is 2.28. The first-order valence-electron chi connectivity index (χ1n) is 3.30. The minimum absolute atomic E-state index is 0.504. The molecule has 70 valence electrons. The summed E-state index contributed by atoms with van der Waals surface area (Å²) >= 11 is 0. The number of hydrogen-bond donors (Lipinski definition) is 0. The van der Waals surface area contributed by atoms with E-state index >= 15 is 0 Å². The maximum absolute atomic E-state index is 11.6. The predicted molar refractivity (Wildman–Crippen MR) is 31.1 cm³/mol. The van der Waals surface area contributed by atoms with Crippen LogP contribution in [0.25, 0.3) is 0 Å². The molecule has 0 saturated carbocycles. The van der Waals surface area contributed by atoms with Crippen molar-refractivity contribution in [3.63, 3.8) is 0 Å². The van der Waals surface area contributed by atoms with Crippen molar-refractivity contribution in [3.05, 3.63) is 0 Å². The van der Waals surface area contributed by atoms with Gasteiger partial charge in [0.05, 0.1) is 6.42 Å². The fourth-order valence-corrected chi connectivity index (χ4v) is 0.801. The zero-order chi connectivity index (χ0) is 9.35. The molecule has 0 bridgehead atoms. The van der Waals surface area contributed by atoms with Gasteiger partial charge in [0.15, 0.2) is 12.6 Å². The molecule has 0 atom stereocenters. The number of ketones is 1. The lowest BCUT2D eigenvalue weighted by molar-refractivity contribution is -0.375. The summed E-state index contributed by atoms with van der Waals surface area (Å²) in [5.41, 5.74) is 0. The molecule has 12 heavy (non-hydrogen) atoms. The lowest BCUT2D eigenvalue weighted by atomic mass is 10.2. The number of ether oxygens (including phenoxy) is 2. The van der Waals surface area contributed by atoms with E-state index in [1.807, 2.05) is 0 Å². The third-order valence-electron chi connectivity index (χ3n) is 1.36. The standard InChI is InChI=1S/C6H7F3O3/c1-3-11-5(12-3)2-4(10)6(7,8)9/h3,5H,2H2,1H3. The van der Waals surface area contributed by atoms with Crippen LogP contribution in [0.5, 0.6) is 0 Å². The van der Waals surface area contributed by atoms with E-state index in [4.69, 9.17) is 0 Å². The average molecular weight is 184 g/mol. The topological polar surface area (TPSA) is 35.5 Å². The highest BCUT2D eigenvalue weighted by Gasteiger charge is 2.42. The zero-order valence-electron chi connectivity index (χ0n) is 6.22. The Morgan fingerprint density at radius 2 is 1.92 bits per heavy atom. The minimum atomic E-state index is -4.79. The number of alkyl halides is 3. The second kappa shape index (κ2) is 3.02. The van der Waals surface area contributed by atoms with Gasteiger partial charge in [0, 0.05) is 0 Å². The van der Waals surface area contributed by atoms with Gasteiger partial charge >= 0.3 is 6.18 Å². The van der Waals surface area contributed by atoms with Crippen LogP contribution in [0, 0.1) is 0 Å². The molecule has 1 saturated heterocycles. The molecule has 0 radical (unpaired) electrons. The summed E-state index contributed by atoms with van der Waals surface area (Å²) in [6.07, 6.45) is -7.07. The maximum Gasteiger partial charge on any atom is 0.450 e. The fourth-order valence-electron chi connectivity index (χ4n) is 0.801. The monoisotopic (exact) mass is 184 g/mol. The van der Waals surface area contributed by atoms with Crippen LogP contribution in [-0.4, -0.2) is 24.5 Å². The van der Waals surface area contributed by atoms with Gasteiger partial charge in [-0.1, -0.05) is 0 Å². The Hall–Kier alpha value is -0.620. The van der Waals surface area contributed by atoms with Crippen molar-refractivity contribution in [1.82, 2.24) is 0 Å². The van der Waals surface area contributed by atoms with Gasteiger partial charge in [-0.25, -0.2) is 0 Å². The van der Waals surface area contributed by atoms with E-state index in [-0.39, 0.29) is 0 Å². The molecule has 3 nitrogen and oxygen atoms in total. The molecule has 1 aliphatic heterocycles. The van der Waals surface area contributed by atoms with Gasteiger partial charge in [0.25, 0.3) is 0 Å². The number of carbonyl (C=O) groups is 1. The Morgan fingerprint density at radius 3 is 2.25 bits per heavy atom. The second-order valence-electron chi connectivity index (χ2n) is 2.39. The largest absolute Gasteiger partial charge is 0.450 e. The van der Waals surface area contributed by atoms with Crippen LogP contribution in [0.15, 0.2) is 0 Å². The minimum Gasteiger partial charge on any atom is -0.323 e. The smallest absolute Gasteiger partial charge is 0.323 e. The quantitative estimate of drug-likeness (QED) is 0.647. The van der Waals surface area contributed by atoms with E-state index in [1.165, 1.54) is 6.92 Å². The summed E-state index contributed by atoms with van der Waals surface area (Å²) in [6.45, 7) is 1.54. The summed E-state index contributed by atoms with van der Waals surface area (Å²) in [6, 6.07) is 0. The van der Waals surface area contributed by atoms with Crippen LogP contribution in [0.1, 0.15) is 13.3 Å². The van der Waals surface area contributed by atoms with Crippen LogP contribution in [0.2, 0.25) is 0 Å². The molecule has 0 aromatic carbocycles. The number of rotatable bonds is 2. The van der Waals surface area contributed by atoms with Gasteiger partial charge in [-0.3, -0.25) is 4.79 Å². The van der Waals surface area contributed by atoms with E-state index in [1.54, 1.807) is 0 Å². The Bertz CT molecular complexity index is 183. The number of carbonyl (C=O) groups excluding carboxylic acids is 1. The van der Waals surface area contributed by atoms with Crippen LogP contribution in [0.3, 0.4) is 0 Å². The number of halogens is 3. The lowest BCUT2D eigenvalue weighted by Crippen LogP contribution is -2.42. The highest BCUT2D eigenvalue weighted by Crippen LogP contribution is 2.24. The third kappa shape index (κ3) is 2.18. The van der Waals surface area contributed by atoms with E-state index in [0.717, 1.165) is 0 Å². The van der Waals surface area contributed by atoms with Gasteiger partial charge < -0.3 is 9.47 Å². The van der Waals surface area contributed by atoms with Gasteiger partial charge in [0.1, 0.15) is 0 Å². The van der Waals surface area contributed by atoms with Gasteiger partial charge in [0.2, 0.25) is 5.78 Å². The highest BCUT2D eigenvalue weighted by molar-refractivity contribution is 5.84. The lowest BCUT2D eigenvalue weighted by Gasteiger charge is -2.33. The average Bonchev–Trinajstić information content (AvgIpc) is 1.82. The van der Waals surface area contributed by atoms with E-state index in [2.05, 4.69) is 9.47 Å². The molecule has 1 heterocycles. The van der Waals surface area contributed by atoms with Crippen LogP contribution < -0.4 is 0 Å². The van der Waals surface area contributed by atoms with E-state index in [0.29, 0.717) is 0 Å². The third-order valence-corrected chi connectivity index (χ3v) is 1.36. The summed E-state index contributed by atoms with van der Waals surface area (Å²) in [4.78, 5) is 10.3. The predicted octanol–water partition coefficient (Wildman–Crippen LogP) is 1.23.